The fraction of sp³-hybridized carbons (Fsp3) is 0.308. The highest BCUT2D eigenvalue weighted by atomic mass is 19.4. The molecule has 1 unspecified atom stereocenters. The van der Waals surface area contributed by atoms with Crippen molar-refractivity contribution >= 4 is 5.97 Å². The fourth-order valence-corrected chi connectivity index (χ4v) is 1.68. The smallest absolute Gasteiger partial charge is 0.459 e. The zero-order valence-corrected chi connectivity index (χ0v) is 10.6. The third-order valence-corrected chi connectivity index (χ3v) is 2.82. The van der Waals surface area contributed by atoms with Crippen LogP contribution in [0.4, 0.5) is 13.2 Å². The minimum absolute atomic E-state index is 0.0107. The summed E-state index contributed by atoms with van der Waals surface area (Å²) in [6.45, 7) is 1.33. The lowest BCUT2D eigenvalue weighted by molar-refractivity contribution is -0.245. The molecule has 7 heteroatoms. The Morgan fingerprint density at radius 3 is 2.55 bits per heavy atom. The van der Waals surface area contributed by atoms with Crippen LogP contribution in [-0.2, 0) is 16.1 Å². The lowest BCUT2D eigenvalue weighted by Crippen LogP contribution is -2.54. The van der Waals surface area contributed by atoms with E-state index in [1.54, 1.807) is 24.3 Å². The highest BCUT2D eigenvalue weighted by Crippen LogP contribution is 2.27. The van der Waals surface area contributed by atoms with Crippen LogP contribution in [0.2, 0.25) is 0 Å². The van der Waals surface area contributed by atoms with Crippen molar-refractivity contribution < 1.29 is 22.7 Å². The van der Waals surface area contributed by atoms with E-state index >= 15 is 0 Å². The summed E-state index contributed by atoms with van der Waals surface area (Å²) >= 11 is 0. The monoisotopic (exact) mass is 286 g/mol. The highest BCUT2D eigenvalue weighted by Gasteiger charge is 2.46. The lowest BCUT2D eigenvalue weighted by atomic mass is 10.1. The lowest BCUT2D eigenvalue weighted by Gasteiger charge is -2.26. The number of hydrazine groups is 1. The maximum atomic E-state index is 12.5. The van der Waals surface area contributed by atoms with Gasteiger partial charge in [-0.15, -0.1) is 13.2 Å². The van der Waals surface area contributed by atoms with Gasteiger partial charge in [0.15, 0.2) is 5.54 Å². The zero-order valence-electron chi connectivity index (χ0n) is 10.6. The molecule has 0 amide bonds. The van der Waals surface area contributed by atoms with Gasteiger partial charge in [0, 0.05) is 6.20 Å². The molecule has 1 aliphatic rings. The van der Waals surface area contributed by atoms with Crippen LogP contribution in [-0.4, -0.2) is 22.8 Å². The van der Waals surface area contributed by atoms with Crippen LogP contribution in [0.15, 0.2) is 42.6 Å². The number of benzene rings is 1. The summed E-state index contributed by atoms with van der Waals surface area (Å²) in [7, 11) is 0. The molecule has 1 aromatic rings. The molecule has 0 aliphatic carbocycles. The molecule has 108 valence electrons. The van der Waals surface area contributed by atoms with Crippen LogP contribution in [0.25, 0.3) is 0 Å². The fourth-order valence-electron chi connectivity index (χ4n) is 1.68. The Hall–Kier alpha value is -2.02. The molecule has 0 saturated heterocycles. The third-order valence-electron chi connectivity index (χ3n) is 2.82. The van der Waals surface area contributed by atoms with Crippen LogP contribution in [0.3, 0.4) is 0 Å². The van der Waals surface area contributed by atoms with E-state index in [1.165, 1.54) is 6.92 Å². The van der Waals surface area contributed by atoms with E-state index in [-0.39, 0.29) is 11.6 Å². The Bertz CT molecular complexity index is 516. The second-order valence-corrected chi connectivity index (χ2v) is 4.53. The highest BCUT2D eigenvalue weighted by molar-refractivity contribution is 5.83. The van der Waals surface area contributed by atoms with Gasteiger partial charge >= 0.3 is 12.3 Å². The molecule has 1 heterocycles. The SMILES string of the molecule is CC1(C(=O)OCc2ccccc2)C=CN(C(F)(F)F)N1. The average Bonchev–Trinajstić information content (AvgIpc) is 2.81. The first-order chi connectivity index (χ1) is 9.31. The van der Waals surface area contributed by atoms with Crippen molar-refractivity contribution in [3.8, 4) is 0 Å². The van der Waals surface area contributed by atoms with Gasteiger partial charge in [-0.3, -0.25) is 0 Å². The molecule has 20 heavy (non-hydrogen) atoms. The number of alkyl halides is 3. The molecule has 0 saturated carbocycles. The summed E-state index contributed by atoms with van der Waals surface area (Å²) in [5.74, 6) is -0.774. The maximum Gasteiger partial charge on any atom is 0.498 e. The van der Waals surface area contributed by atoms with Crippen molar-refractivity contribution in [2.24, 2.45) is 0 Å². The molecule has 0 bridgehead atoms. The number of esters is 1. The molecule has 2 rings (SSSR count). The van der Waals surface area contributed by atoms with E-state index in [2.05, 4.69) is 5.43 Å². The largest absolute Gasteiger partial charge is 0.498 e. The van der Waals surface area contributed by atoms with Gasteiger partial charge in [0.1, 0.15) is 6.61 Å². The molecule has 1 N–H and O–H groups in total. The summed E-state index contributed by atoms with van der Waals surface area (Å²) in [5.41, 5.74) is 1.31. The number of ether oxygens (including phenoxy) is 1. The van der Waals surface area contributed by atoms with Crippen LogP contribution in [0.5, 0.6) is 0 Å². The van der Waals surface area contributed by atoms with Gasteiger partial charge in [0.25, 0.3) is 0 Å². The second kappa shape index (κ2) is 5.16. The predicted octanol–water partition coefficient (Wildman–Crippen LogP) is 2.34. The normalized spacial score (nSPS) is 22.1. The van der Waals surface area contributed by atoms with Crippen LogP contribution in [0, 0.1) is 0 Å². The Balaban J connectivity index is 1.95. The summed E-state index contributed by atoms with van der Waals surface area (Å²) in [4.78, 5) is 11.9. The zero-order chi connectivity index (χ0) is 14.8. The molecule has 1 aromatic carbocycles. The van der Waals surface area contributed by atoms with Gasteiger partial charge < -0.3 is 4.74 Å². The minimum atomic E-state index is -4.59. The standard InChI is InChI=1S/C13H13F3N2O2/c1-12(7-8-18(17-12)13(14,15)16)11(19)20-9-10-5-3-2-4-6-10/h2-8,17H,9H2,1H3. The van der Waals surface area contributed by atoms with Crippen molar-refractivity contribution in [3.63, 3.8) is 0 Å². The third kappa shape index (κ3) is 3.11. The van der Waals surface area contributed by atoms with Crippen molar-refractivity contribution in [1.82, 2.24) is 10.4 Å². The van der Waals surface area contributed by atoms with Gasteiger partial charge in [0.2, 0.25) is 0 Å². The molecule has 0 aromatic heterocycles. The number of halogens is 3. The Labute approximate surface area is 113 Å². The van der Waals surface area contributed by atoms with Crippen LogP contribution in [0.1, 0.15) is 12.5 Å². The quantitative estimate of drug-likeness (QED) is 0.684. The number of nitrogens with one attached hydrogen (secondary N) is 1. The molecule has 0 fully saturated rings. The van der Waals surface area contributed by atoms with Crippen molar-refractivity contribution in [2.45, 2.75) is 25.4 Å². The maximum absolute atomic E-state index is 12.5. The van der Waals surface area contributed by atoms with Crippen LogP contribution < -0.4 is 5.43 Å². The van der Waals surface area contributed by atoms with E-state index in [1.807, 2.05) is 6.07 Å². The van der Waals surface area contributed by atoms with Gasteiger partial charge in [-0.1, -0.05) is 30.3 Å². The first-order valence-electron chi connectivity index (χ1n) is 5.86. The average molecular weight is 286 g/mol. The van der Waals surface area contributed by atoms with Crippen molar-refractivity contribution in [1.29, 1.82) is 0 Å². The van der Waals surface area contributed by atoms with E-state index in [0.717, 1.165) is 17.8 Å². The van der Waals surface area contributed by atoms with E-state index in [4.69, 9.17) is 4.74 Å². The van der Waals surface area contributed by atoms with E-state index < -0.39 is 17.8 Å². The summed E-state index contributed by atoms with van der Waals surface area (Å²) in [5, 5.41) is -0.0726. The number of nitrogens with zero attached hydrogens (tertiary/aromatic N) is 1. The molecule has 4 nitrogen and oxygen atoms in total. The number of carbonyl (C=O) groups is 1. The number of hydrogen-bond acceptors (Lipinski definition) is 4. The van der Waals surface area contributed by atoms with Crippen molar-refractivity contribution in [3.05, 3.63) is 48.2 Å². The molecule has 0 radical (unpaired) electrons. The first kappa shape index (κ1) is 14.4. The molecule has 1 atom stereocenters. The summed E-state index contributed by atoms with van der Waals surface area (Å²) < 4.78 is 42.5. The van der Waals surface area contributed by atoms with Crippen LogP contribution >= 0.6 is 0 Å². The molecule has 1 aliphatic heterocycles. The van der Waals surface area contributed by atoms with Gasteiger partial charge in [-0.05, 0) is 18.6 Å². The Kier molecular flexibility index (Phi) is 3.71. The van der Waals surface area contributed by atoms with Crippen molar-refractivity contribution in [2.75, 3.05) is 0 Å². The Morgan fingerprint density at radius 2 is 2.00 bits per heavy atom. The number of hydrogen-bond donors (Lipinski definition) is 1. The van der Waals surface area contributed by atoms with E-state index in [9.17, 15) is 18.0 Å². The molecular weight excluding hydrogens is 273 g/mol. The topological polar surface area (TPSA) is 41.6 Å². The summed E-state index contributed by atoms with van der Waals surface area (Å²) in [6, 6.07) is 8.90. The predicted molar refractivity (Wildman–Crippen MR) is 64.8 cm³/mol. The van der Waals surface area contributed by atoms with Gasteiger partial charge in [-0.25, -0.2) is 15.2 Å². The Morgan fingerprint density at radius 1 is 1.35 bits per heavy atom. The van der Waals surface area contributed by atoms with Gasteiger partial charge in [0.05, 0.1) is 0 Å². The van der Waals surface area contributed by atoms with Gasteiger partial charge in [-0.2, -0.15) is 0 Å². The van der Waals surface area contributed by atoms with E-state index in [0.29, 0.717) is 0 Å². The number of carbonyl (C=O) groups excluding carboxylic acids is 1. The number of rotatable bonds is 3. The minimum Gasteiger partial charge on any atom is -0.459 e. The summed E-state index contributed by atoms with van der Waals surface area (Å²) in [6.07, 6.45) is -2.70. The second-order valence-electron chi connectivity index (χ2n) is 4.53. The first-order valence-corrected chi connectivity index (χ1v) is 5.86. The molecular formula is C13H13F3N2O2. The molecule has 0 spiro atoms.